The number of rotatable bonds is 1. The van der Waals surface area contributed by atoms with Crippen molar-refractivity contribution in [1.29, 1.82) is 0 Å². The van der Waals surface area contributed by atoms with Crippen LogP contribution >= 0.6 is 0 Å². The number of carbonyl (C=O) groups is 2. The van der Waals surface area contributed by atoms with Crippen LogP contribution in [0.15, 0.2) is 18.2 Å². The number of nitrogens with one attached hydrogen (secondary N) is 1. The molecule has 0 spiro atoms. The van der Waals surface area contributed by atoms with Crippen LogP contribution in [0.25, 0.3) is 0 Å². The first kappa shape index (κ1) is 8.55. The maximum absolute atomic E-state index is 10.9. The van der Waals surface area contributed by atoms with Crippen LogP contribution in [-0.2, 0) is 4.79 Å². The summed E-state index contributed by atoms with van der Waals surface area (Å²) in [4.78, 5) is 21.7. The SMILES string of the molecule is NC(=O)c1ccc2c(c1)NCC(=O)O2. The number of esters is 1. The maximum Gasteiger partial charge on any atom is 0.330 e. The second-order valence-corrected chi connectivity index (χ2v) is 2.90. The molecule has 0 atom stereocenters. The molecule has 1 aromatic rings. The Bertz CT molecular complexity index is 415. The lowest BCUT2D eigenvalue weighted by Gasteiger charge is -2.17. The van der Waals surface area contributed by atoms with Gasteiger partial charge in [-0.3, -0.25) is 4.79 Å². The van der Waals surface area contributed by atoms with Gasteiger partial charge in [0.05, 0.1) is 5.69 Å². The van der Waals surface area contributed by atoms with E-state index < -0.39 is 5.91 Å². The number of hydrogen-bond acceptors (Lipinski definition) is 4. The molecule has 72 valence electrons. The number of carbonyl (C=O) groups excluding carboxylic acids is 2. The van der Waals surface area contributed by atoms with Gasteiger partial charge in [0.25, 0.3) is 0 Å². The maximum atomic E-state index is 10.9. The van der Waals surface area contributed by atoms with E-state index in [1.807, 2.05) is 0 Å². The Morgan fingerprint density at radius 3 is 3.00 bits per heavy atom. The third kappa shape index (κ3) is 1.39. The number of fused-ring (bicyclic) bond motifs is 1. The summed E-state index contributed by atoms with van der Waals surface area (Å²) in [6, 6.07) is 4.62. The summed E-state index contributed by atoms with van der Waals surface area (Å²) in [5.41, 5.74) is 6.10. The van der Waals surface area contributed by atoms with Gasteiger partial charge in [-0.1, -0.05) is 0 Å². The number of nitrogens with two attached hydrogens (primary N) is 1. The highest BCUT2D eigenvalue weighted by Crippen LogP contribution is 2.28. The molecule has 2 rings (SSSR count). The smallest absolute Gasteiger partial charge is 0.330 e. The lowest BCUT2D eigenvalue weighted by molar-refractivity contribution is -0.132. The second kappa shape index (κ2) is 3.02. The third-order valence-electron chi connectivity index (χ3n) is 1.91. The van der Waals surface area contributed by atoms with E-state index in [1.165, 1.54) is 6.07 Å². The predicted octanol–water partition coefficient (Wildman–Crippen LogP) is 0.116. The zero-order valence-corrected chi connectivity index (χ0v) is 7.24. The van der Waals surface area contributed by atoms with Crippen LogP contribution in [0.5, 0.6) is 5.75 Å². The molecule has 5 nitrogen and oxygen atoms in total. The van der Waals surface area contributed by atoms with Crippen LogP contribution < -0.4 is 15.8 Å². The first-order valence-corrected chi connectivity index (χ1v) is 4.05. The van der Waals surface area contributed by atoms with Crippen LogP contribution in [0.2, 0.25) is 0 Å². The van der Waals surface area contributed by atoms with Gasteiger partial charge in [0.15, 0.2) is 5.75 Å². The zero-order chi connectivity index (χ0) is 10.1. The minimum Gasteiger partial charge on any atom is -0.423 e. The second-order valence-electron chi connectivity index (χ2n) is 2.90. The van der Waals surface area contributed by atoms with Crippen molar-refractivity contribution in [1.82, 2.24) is 0 Å². The largest absolute Gasteiger partial charge is 0.423 e. The van der Waals surface area contributed by atoms with Gasteiger partial charge in [-0.15, -0.1) is 0 Å². The van der Waals surface area contributed by atoms with Crippen molar-refractivity contribution < 1.29 is 14.3 Å². The van der Waals surface area contributed by atoms with E-state index in [0.717, 1.165) is 0 Å². The van der Waals surface area contributed by atoms with Crippen molar-refractivity contribution >= 4 is 17.6 Å². The monoisotopic (exact) mass is 192 g/mol. The predicted molar refractivity (Wildman–Crippen MR) is 49.1 cm³/mol. The summed E-state index contributed by atoms with van der Waals surface area (Å²) >= 11 is 0. The third-order valence-corrected chi connectivity index (χ3v) is 1.91. The van der Waals surface area contributed by atoms with Crippen molar-refractivity contribution in [3.63, 3.8) is 0 Å². The molecule has 1 aliphatic heterocycles. The molecule has 0 unspecified atom stereocenters. The molecule has 14 heavy (non-hydrogen) atoms. The Balaban J connectivity index is 2.41. The van der Waals surface area contributed by atoms with E-state index in [9.17, 15) is 9.59 Å². The highest BCUT2D eigenvalue weighted by atomic mass is 16.5. The Hall–Kier alpha value is -2.04. The summed E-state index contributed by atoms with van der Waals surface area (Å²) in [6.45, 7) is 0.106. The number of ether oxygens (including phenoxy) is 1. The molecule has 5 heteroatoms. The van der Waals surface area contributed by atoms with E-state index in [-0.39, 0.29) is 12.5 Å². The van der Waals surface area contributed by atoms with Gasteiger partial charge in [-0.25, -0.2) is 4.79 Å². The van der Waals surface area contributed by atoms with E-state index in [0.29, 0.717) is 17.0 Å². The normalized spacial score (nSPS) is 13.9. The van der Waals surface area contributed by atoms with Crippen molar-refractivity contribution in [2.75, 3.05) is 11.9 Å². The molecule has 1 amide bonds. The molecule has 3 N–H and O–H groups in total. The first-order valence-electron chi connectivity index (χ1n) is 4.05. The number of anilines is 1. The highest BCUT2D eigenvalue weighted by molar-refractivity contribution is 5.95. The molecule has 1 aliphatic rings. The lowest BCUT2D eigenvalue weighted by Crippen LogP contribution is -2.25. The van der Waals surface area contributed by atoms with Crippen LogP contribution in [0.3, 0.4) is 0 Å². The molecule has 0 aliphatic carbocycles. The van der Waals surface area contributed by atoms with Gasteiger partial charge < -0.3 is 15.8 Å². The summed E-state index contributed by atoms with van der Waals surface area (Å²) < 4.78 is 4.91. The molecule has 0 radical (unpaired) electrons. The topological polar surface area (TPSA) is 81.4 Å². The fourth-order valence-electron chi connectivity index (χ4n) is 1.24. The zero-order valence-electron chi connectivity index (χ0n) is 7.24. The van der Waals surface area contributed by atoms with Crippen molar-refractivity contribution in [3.05, 3.63) is 23.8 Å². The van der Waals surface area contributed by atoms with Gasteiger partial charge in [0, 0.05) is 5.56 Å². The standard InChI is InChI=1S/C9H8N2O3/c10-9(13)5-1-2-7-6(3-5)11-4-8(12)14-7/h1-3,11H,4H2,(H2,10,13). The van der Waals surface area contributed by atoms with Gasteiger partial charge in [-0.2, -0.15) is 0 Å². The lowest BCUT2D eigenvalue weighted by atomic mass is 10.1. The van der Waals surface area contributed by atoms with Crippen LogP contribution in [0.1, 0.15) is 10.4 Å². The fourth-order valence-corrected chi connectivity index (χ4v) is 1.24. The van der Waals surface area contributed by atoms with Crippen LogP contribution in [0.4, 0.5) is 5.69 Å². The quantitative estimate of drug-likeness (QED) is 0.489. The molecular formula is C9H8N2O3. The average Bonchev–Trinajstić information content (AvgIpc) is 2.16. The van der Waals surface area contributed by atoms with Gasteiger partial charge in [0.2, 0.25) is 5.91 Å². The average molecular weight is 192 g/mol. The van der Waals surface area contributed by atoms with Crippen molar-refractivity contribution in [2.24, 2.45) is 5.73 Å². The number of benzene rings is 1. The number of amides is 1. The first-order chi connectivity index (χ1) is 6.66. The Morgan fingerprint density at radius 2 is 2.29 bits per heavy atom. The van der Waals surface area contributed by atoms with Crippen molar-refractivity contribution in [2.45, 2.75) is 0 Å². The minimum absolute atomic E-state index is 0.106. The van der Waals surface area contributed by atoms with Gasteiger partial charge in [0.1, 0.15) is 6.54 Å². The molecule has 0 bridgehead atoms. The summed E-state index contributed by atoms with van der Waals surface area (Å²) in [6.07, 6.45) is 0. The van der Waals surface area contributed by atoms with Crippen LogP contribution in [0, 0.1) is 0 Å². The summed E-state index contributed by atoms with van der Waals surface area (Å²) in [7, 11) is 0. The molecule has 1 aromatic carbocycles. The Labute approximate surface area is 79.8 Å². The molecule has 0 fully saturated rings. The van der Waals surface area contributed by atoms with Crippen LogP contribution in [-0.4, -0.2) is 18.4 Å². The summed E-state index contributed by atoms with van der Waals surface area (Å²) in [5.74, 6) is -0.429. The van der Waals surface area contributed by atoms with E-state index in [4.69, 9.17) is 10.5 Å². The Kier molecular flexibility index (Phi) is 1.85. The van der Waals surface area contributed by atoms with Gasteiger partial charge >= 0.3 is 5.97 Å². The number of hydrogen-bond donors (Lipinski definition) is 2. The van der Waals surface area contributed by atoms with E-state index in [1.54, 1.807) is 12.1 Å². The molecule has 1 heterocycles. The molecule has 0 saturated carbocycles. The fraction of sp³-hybridized carbons (Fsp3) is 0.111. The molecule has 0 saturated heterocycles. The van der Waals surface area contributed by atoms with E-state index in [2.05, 4.69) is 5.32 Å². The summed E-state index contributed by atoms with van der Waals surface area (Å²) in [5, 5.41) is 2.83. The molecular weight excluding hydrogens is 184 g/mol. The number of primary amides is 1. The van der Waals surface area contributed by atoms with Gasteiger partial charge in [-0.05, 0) is 18.2 Å². The highest BCUT2D eigenvalue weighted by Gasteiger charge is 2.17. The minimum atomic E-state index is -0.508. The van der Waals surface area contributed by atoms with Crippen molar-refractivity contribution in [3.8, 4) is 5.75 Å². The van der Waals surface area contributed by atoms with E-state index >= 15 is 0 Å². The molecule has 0 aromatic heterocycles. The Morgan fingerprint density at radius 1 is 1.50 bits per heavy atom.